The number of pyridine rings is 1. The van der Waals surface area contributed by atoms with Gasteiger partial charge in [-0.05, 0) is 49.2 Å². The summed E-state index contributed by atoms with van der Waals surface area (Å²) in [5.74, 6) is -0.947. The molecule has 130 valence electrons. The molecule has 2 heterocycles. The topological polar surface area (TPSA) is 68.4 Å². The van der Waals surface area contributed by atoms with Crippen LogP contribution in [0.5, 0.6) is 0 Å². The molecule has 0 spiro atoms. The highest BCUT2D eigenvalue weighted by molar-refractivity contribution is 6.30. The summed E-state index contributed by atoms with van der Waals surface area (Å²) < 4.78 is 16.0. The largest absolute Gasteiger partial charge is 0.350 e. The minimum atomic E-state index is -0.549. The number of aromatic nitrogens is 3. The fourth-order valence-corrected chi connectivity index (χ4v) is 2.63. The summed E-state index contributed by atoms with van der Waals surface area (Å²) in [6.45, 7) is 3.39. The number of hydrogen-bond donors (Lipinski definition) is 1. The zero-order valence-corrected chi connectivity index (χ0v) is 14.4. The van der Waals surface area contributed by atoms with Gasteiger partial charge in [0, 0.05) is 6.20 Å². The van der Waals surface area contributed by atoms with Gasteiger partial charge in [0.15, 0.2) is 5.65 Å². The van der Waals surface area contributed by atoms with Gasteiger partial charge in [-0.2, -0.15) is 0 Å². The van der Waals surface area contributed by atoms with E-state index in [2.05, 4.69) is 10.4 Å². The van der Waals surface area contributed by atoms with Gasteiger partial charge in [0.2, 0.25) is 5.91 Å². The maximum atomic E-state index is 13.5. The van der Waals surface area contributed by atoms with E-state index in [-0.39, 0.29) is 11.6 Å². The molecule has 0 unspecified atom stereocenters. The number of halogens is 2. The highest BCUT2D eigenvalue weighted by atomic mass is 35.5. The van der Waals surface area contributed by atoms with Crippen molar-refractivity contribution in [3.63, 3.8) is 0 Å². The SMILES string of the molecule is Cc1ccn2c(=O)n(CC(=O)N[C@@H](C)c3ccc(Cl)c(F)c3)nc2c1. The number of carbonyl (C=O) groups is 1. The van der Waals surface area contributed by atoms with E-state index in [0.717, 1.165) is 10.2 Å². The van der Waals surface area contributed by atoms with Crippen molar-refractivity contribution >= 4 is 23.2 Å². The van der Waals surface area contributed by atoms with Crippen LogP contribution in [0.2, 0.25) is 5.02 Å². The molecular weight excluding hydrogens is 347 g/mol. The Morgan fingerprint density at radius 3 is 2.84 bits per heavy atom. The van der Waals surface area contributed by atoms with Gasteiger partial charge in [0.05, 0.1) is 11.1 Å². The molecule has 0 aliphatic rings. The molecule has 3 aromatic rings. The monoisotopic (exact) mass is 362 g/mol. The van der Waals surface area contributed by atoms with Crippen LogP contribution in [0, 0.1) is 12.7 Å². The van der Waals surface area contributed by atoms with Gasteiger partial charge < -0.3 is 5.32 Å². The van der Waals surface area contributed by atoms with Crippen LogP contribution >= 0.6 is 11.6 Å². The molecule has 0 saturated carbocycles. The molecule has 0 radical (unpaired) electrons. The number of aryl methyl sites for hydroxylation is 1. The van der Waals surface area contributed by atoms with Crippen molar-refractivity contribution in [3.05, 3.63) is 69.0 Å². The van der Waals surface area contributed by atoms with Crippen LogP contribution in [0.3, 0.4) is 0 Å². The molecule has 0 fully saturated rings. The second kappa shape index (κ2) is 6.68. The average molecular weight is 363 g/mol. The van der Waals surface area contributed by atoms with E-state index in [1.807, 2.05) is 6.92 Å². The van der Waals surface area contributed by atoms with E-state index >= 15 is 0 Å². The van der Waals surface area contributed by atoms with Crippen molar-refractivity contribution in [3.8, 4) is 0 Å². The van der Waals surface area contributed by atoms with Crippen LogP contribution in [0.15, 0.2) is 41.3 Å². The van der Waals surface area contributed by atoms with Gasteiger partial charge in [-0.3, -0.25) is 9.20 Å². The van der Waals surface area contributed by atoms with Crippen molar-refractivity contribution in [2.24, 2.45) is 0 Å². The molecule has 0 aliphatic carbocycles. The lowest BCUT2D eigenvalue weighted by atomic mass is 10.1. The number of amides is 1. The number of hydrogen-bond acceptors (Lipinski definition) is 3. The molecule has 0 aliphatic heterocycles. The van der Waals surface area contributed by atoms with Gasteiger partial charge >= 0.3 is 5.69 Å². The Balaban J connectivity index is 1.75. The van der Waals surface area contributed by atoms with E-state index in [1.54, 1.807) is 31.3 Å². The third-order valence-electron chi connectivity index (χ3n) is 3.85. The maximum Gasteiger partial charge on any atom is 0.350 e. The van der Waals surface area contributed by atoms with Crippen LogP contribution in [0.1, 0.15) is 24.1 Å². The molecule has 1 amide bonds. The quantitative estimate of drug-likeness (QED) is 0.775. The van der Waals surface area contributed by atoms with Crippen molar-refractivity contribution in [1.29, 1.82) is 0 Å². The van der Waals surface area contributed by atoms with Gasteiger partial charge in [0.25, 0.3) is 0 Å². The van der Waals surface area contributed by atoms with Gasteiger partial charge in [0.1, 0.15) is 12.4 Å². The molecular formula is C17H16ClFN4O2. The molecule has 6 nitrogen and oxygen atoms in total. The fourth-order valence-electron chi connectivity index (χ4n) is 2.51. The molecule has 3 rings (SSSR count). The summed E-state index contributed by atoms with van der Waals surface area (Å²) in [6.07, 6.45) is 1.62. The lowest BCUT2D eigenvalue weighted by molar-refractivity contribution is -0.122. The van der Waals surface area contributed by atoms with Crippen molar-refractivity contribution < 1.29 is 9.18 Å². The Labute approximate surface area is 147 Å². The summed E-state index contributed by atoms with van der Waals surface area (Å²) in [4.78, 5) is 24.4. The van der Waals surface area contributed by atoms with Crippen LogP contribution in [-0.4, -0.2) is 20.1 Å². The van der Waals surface area contributed by atoms with Crippen molar-refractivity contribution in [2.45, 2.75) is 26.4 Å². The molecule has 1 atom stereocenters. The number of fused-ring (bicyclic) bond motifs is 1. The molecule has 0 saturated heterocycles. The van der Waals surface area contributed by atoms with E-state index in [9.17, 15) is 14.0 Å². The summed E-state index contributed by atoms with van der Waals surface area (Å²) in [6, 6.07) is 7.45. The normalized spacial score (nSPS) is 12.3. The molecule has 25 heavy (non-hydrogen) atoms. The van der Waals surface area contributed by atoms with Crippen LogP contribution in [0.4, 0.5) is 4.39 Å². The minimum Gasteiger partial charge on any atom is -0.348 e. The second-order valence-electron chi connectivity index (χ2n) is 5.84. The minimum absolute atomic E-state index is 0.0221. The number of benzene rings is 1. The van der Waals surface area contributed by atoms with Gasteiger partial charge in [-0.1, -0.05) is 17.7 Å². The average Bonchev–Trinajstić information content (AvgIpc) is 2.85. The summed E-state index contributed by atoms with van der Waals surface area (Å²) in [7, 11) is 0. The first-order valence-electron chi connectivity index (χ1n) is 7.65. The zero-order chi connectivity index (χ0) is 18.1. The van der Waals surface area contributed by atoms with Crippen LogP contribution < -0.4 is 11.0 Å². The highest BCUT2D eigenvalue weighted by Gasteiger charge is 2.14. The predicted molar refractivity (Wildman–Crippen MR) is 92.2 cm³/mol. The Morgan fingerprint density at radius 2 is 2.12 bits per heavy atom. The third kappa shape index (κ3) is 3.56. The zero-order valence-electron chi connectivity index (χ0n) is 13.7. The van der Waals surface area contributed by atoms with Crippen LogP contribution in [0.25, 0.3) is 5.65 Å². The van der Waals surface area contributed by atoms with Gasteiger partial charge in [-0.25, -0.2) is 13.9 Å². The van der Waals surface area contributed by atoms with E-state index in [0.29, 0.717) is 11.2 Å². The number of nitrogens with zero attached hydrogens (tertiary/aromatic N) is 3. The molecule has 1 N–H and O–H groups in total. The van der Waals surface area contributed by atoms with Gasteiger partial charge in [-0.15, -0.1) is 5.10 Å². The molecule has 1 aromatic carbocycles. The standard InChI is InChI=1S/C17H16ClFN4O2/c1-10-5-6-22-15(7-10)21-23(17(22)25)9-16(24)20-11(2)12-3-4-13(18)14(19)8-12/h3-8,11H,9H2,1-2H3,(H,20,24)/t11-/m0/s1. The Bertz CT molecular complexity index is 1010. The number of rotatable bonds is 4. The Hall–Kier alpha value is -2.67. The molecule has 2 aromatic heterocycles. The lowest BCUT2D eigenvalue weighted by Crippen LogP contribution is -2.34. The molecule has 8 heteroatoms. The van der Waals surface area contributed by atoms with Crippen molar-refractivity contribution in [1.82, 2.24) is 19.5 Å². The van der Waals surface area contributed by atoms with Crippen LogP contribution in [-0.2, 0) is 11.3 Å². The summed E-state index contributed by atoms with van der Waals surface area (Å²) in [5.41, 5.74) is 1.63. The second-order valence-corrected chi connectivity index (χ2v) is 6.24. The summed E-state index contributed by atoms with van der Waals surface area (Å²) >= 11 is 5.65. The maximum absolute atomic E-state index is 13.5. The smallest absolute Gasteiger partial charge is 0.348 e. The number of nitrogens with one attached hydrogen (secondary N) is 1. The summed E-state index contributed by atoms with van der Waals surface area (Å²) in [5, 5.41) is 6.89. The highest BCUT2D eigenvalue weighted by Crippen LogP contribution is 2.20. The van der Waals surface area contributed by atoms with E-state index in [4.69, 9.17) is 11.6 Å². The van der Waals surface area contributed by atoms with E-state index < -0.39 is 23.5 Å². The third-order valence-corrected chi connectivity index (χ3v) is 4.16. The molecule has 0 bridgehead atoms. The Kier molecular flexibility index (Phi) is 4.59. The number of carbonyl (C=O) groups excluding carboxylic acids is 1. The van der Waals surface area contributed by atoms with E-state index in [1.165, 1.54) is 16.5 Å². The van der Waals surface area contributed by atoms with Crippen molar-refractivity contribution in [2.75, 3.05) is 0 Å². The lowest BCUT2D eigenvalue weighted by Gasteiger charge is -2.14. The first-order valence-corrected chi connectivity index (χ1v) is 8.03. The first-order chi connectivity index (χ1) is 11.8. The predicted octanol–water partition coefficient (Wildman–Crippen LogP) is 2.47. The Morgan fingerprint density at radius 1 is 1.36 bits per heavy atom. The fraction of sp³-hybridized carbons (Fsp3) is 0.235. The first kappa shape index (κ1) is 17.2.